The van der Waals surface area contributed by atoms with E-state index in [1.807, 2.05) is 23.1 Å². The van der Waals surface area contributed by atoms with Gasteiger partial charge in [-0.3, -0.25) is 14.5 Å². The molecule has 3 rings (SSSR count). The number of rotatable bonds is 7. The molecule has 5 heteroatoms. The van der Waals surface area contributed by atoms with Crippen molar-refractivity contribution in [2.24, 2.45) is 0 Å². The Morgan fingerprint density at radius 3 is 2.22 bits per heavy atom. The van der Waals surface area contributed by atoms with Crippen molar-refractivity contribution in [1.29, 1.82) is 0 Å². The molecule has 0 radical (unpaired) electrons. The van der Waals surface area contributed by atoms with E-state index in [-0.39, 0.29) is 11.7 Å². The zero-order chi connectivity index (χ0) is 19.1. The lowest BCUT2D eigenvalue weighted by Gasteiger charge is -2.34. The monoisotopic (exact) mass is 366 g/mol. The Morgan fingerprint density at radius 2 is 1.59 bits per heavy atom. The highest BCUT2D eigenvalue weighted by Gasteiger charge is 2.22. The third-order valence-electron chi connectivity index (χ3n) is 4.97. The number of carbonyl (C=O) groups excluding carboxylic acids is 2. The molecule has 2 aromatic rings. The van der Waals surface area contributed by atoms with E-state index in [9.17, 15) is 9.59 Å². The van der Waals surface area contributed by atoms with Crippen LogP contribution in [-0.4, -0.2) is 61.3 Å². The lowest BCUT2D eigenvalue weighted by Crippen LogP contribution is -2.49. The molecule has 0 bridgehead atoms. The summed E-state index contributed by atoms with van der Waals surface area (Å²) in [6.45, 7) is 3.23. The topological polar surface area (TPSA) is 49.9 Å². The van der Waals surface area contributed by atoms with Gasteiger partial charge < -0.3 is 9.64 Å². The molecule has 0 aromatic heterocycles. The number of benzene rings is 2. The Bertz CT molecular complexity index is 751. The van der Waals surface area contributed by atoms with Crippen LogP contribution < -0.4 is 4.74 Å². The minimum atomic E-state index is 0.0986. The first-order chi connectivity index (χ1) is 13.2. The second kappa shape index (κ2) is 9.33. The second-order valence-corrected chi connectivity index (χ2v) is 6.79. The maximum absolute atomic E-state index is 12.4. The summed E-state index contributed by atoms with van der Waals surface area (Å²) in [5.74, 6) is 1.04. The van der Waals surface area contributed by atoms with Gasteiger partial charge in [-0.2, -0.15) is 0 Å². The summed E-state index contributed by atoms with van der Waals surface area (Å²) in [6.07, 6.45) is 1.31. The highest BCUT2D eigenvalue weighted by atomic mass is 16.5. The number of piperazine rings is 1. The van der Waals surface area contributed by atoms with E-state index in [4.69, 9.17) is 4.74 Å². The van der Waals surface area contributed by atoms with Crippen molar-refractivity contribution in [3.8, 4) is 5.75 Å². The van der Waals surface area contributed by atoms with Crippen LogP contribution in [0.2, 0.25) is 0 Å². The second-order valence-electron chi connectivity index (χ2n) is 6.79. The van der Waals surface area contributed by atoms with E-state index in [0.29, 0.717) is 31.6 Å². The number of hydrogen-bond donors (Lipinski definition) is 0. The third kappa shape index (κ3) is 5.41. The summed E-state index contributed by atoms with van der Waals surface area (Å²) in [5.41, 5.74) is 1.88. The van der Waals surface area contributed by atoms with Gasteiger partial charge in [-0.05, 0) is 36.2 Å². The van der Waals surface area contributed by atoms with Crippen molar-refractivity contribution in [2.75, 3.05) is 39.8 Å². The summed E-state index contributed by atoms with van der Waals surface area (Å²) in [6, 6.07) is 17.3. The normalized spacial score (nSPS) is 14.8. The van der Waals surface area contributed by atoms with Crippen molar-refractivity contribution < 1.29 is 14.3 Å². The molecule has 1 saturated heterocycles. The van der Waals surface area contributed by atoms with Gasteiger partial charge in [0.15, 0.2) is 5.78 Å². The first-order valence-electron chi connectivity index (χ1n) is 9.37. The van der Waals surface area contributed by atoms with E-state index in [0.717, 1.165) is 25.3 Å². The number of ether oxygens (including phenoxy) is 1. The van der Waals surface area contributed by atoms with Crippen LogP contribution in [0.25, 0.3) is 0 Å². The van der Waals surface area contributed by atoms with Gasteiger partial charge in [-0.25, -0.2) is 0 Å². The van der Waals surface area contributed by atoms with Crippen molar-refractivity contribution in [3.05, 3.63) is 65.7 Å². The number of carbonyl (C=O) groups is 2. The van der Waals surface area contributed by atoms with E-state index in [1.54, 1.807) is 31.4 Å². The van der Waals surface area contributed by atoms with Crippen LogP contribution in [0, 0.1) is 0 Å². The van der Waals surface area contributed by atoms with Crippen molar-refractivity contribution in [1.82, 2.24) is 9.80 Å². The van der Waals surface area contributed by atoms with Crippen LogP contribution in [0.4, 0.5) is 0 Å². The first-order valence-corrected chi connectivity index (χ1v) is 9.37. The smallest absolute Gasteiger partial charge is 0.222 e. The van der Waals surface area contributed by atoms with Gasteiger partial charge in [0.05, 0.1) is 13.7 Å². The van der Waals surface area contributed by atoms with Crippen molar-refractivity contribution >= 4 is 11.7 Å². The van der Waals surface area contributed by atoms with Gasteiger partial charge in [0.25, 0.3) is 0 Å². The molecule has 1 heterocycles. The van der Waals surface area contributed by atoms with Crippen LogP contribution in [0.1, 0.15) is 22.3 Å². The fraction of sp³-hybridized carbons (Fsp3) is 0.364. The number of methoxy groups -OCH3 is 1. The molecule has 0 saturated carbocycles. The highest BCUT2D eigenvalue weighted by molar-refractivity contribution is 5.97. The Hall–Kier alpha value is -2.66. The molecule has 5 nitrogen and oxygen atoms in total. The standard InChI is InChI=1S/C22H26N2O3/c1-27-20-10-8-19(9-11-20)21(25)17-23-13-15-24(16-14-23)22(26)12-7-18-5-3-2-4-6-18/h2-6,8-11H,7,12-17H2,1H3. The van der Waals surface area contributed by atoms with Crippen molar-refractivity contribution in [2.45, 2.75) is 12.8 Å². The largest absolute Gasteiger partial charge is 0.497 e. The van der Waals surface area contributed by atoms with E-state index in [1.165, 1.54) is 5.56 Å². The number of hydrogen-bond acceptors (Lipinski definition) is 4. The minimum Gasteiger partial charge on any atom is -0.497 e. The molecule has 1 fully saturated rings. The van der Waals surface area contributed by atoms with E-state index >= 15 is 0 Å². The summed E-state index contributed by atoms with van der Waals surface area (Å²) >= 11 is 0. The number of aryl methyl sites for hydroxylation is 1. The average molecular weight is 366 g/mol. The maximum atomic E-state index is 12.4. The number of ketones is 1. The summed E-state index contributed by atoms with van der Waals surface area (Å²) in [4.78, 5) is 28.9. The Labute approximate surface area is 160 Å². The molecule has 1 aliphatic rings. The predicted molar refractivity (Wildman–Crippen MR) is 105 cm³/mol. The van der Waals surface area contributed by atoms with Crippen LogP contribution in [0.3, 0.4) is 0 Å². The average Bonchev–Trinajstić information content (AvgIpc) is 2.73. The summed E-state index contributed by atoms with van der Waals surface area (Å²) < 4.78 is 5.12. The SMILES string of the molecule is COc1ccc(C(=O)CN2CCN(C(=O)CCc3ccccc3)CC2)cc1. The van der Waals surface area contributed by atoms with Crippen LogP contribution >= 0.6 is 0 Å². The molecule has 142 valence electrons. The summed E-state index contributed by atoms with van der Waals surface area (Å²) in [5, 5.41) is 0. The predicted octanol–water partition coefficient (Wildman–Crippen LogP) is 2.65. The van der Waals surface area contributed by atoms with Crippen LogP contribution in [0.15, 0.2) is 54.6 Å². The van der Waals surface area contributed by atoms with Gasteiger partial charge in [0, 0.05) is 38.2 Å². The van der Waals surface area contributed by atoms with Crippen molar-refractivity contribution in [3.63, 3.8) is 0 Å². The van der Waals surface area contributed by atoms with E-state index < -0.39 is 0 Å². The van der Waals surface area contributed by atoms with Gasteiger partial charge in [0.1, 0.15) is 5.75 Å². The lowest BCUT2D eigenvalue weighted by atomic mass is 10.1. The molecule has 0 N–H and O–H groups in total. The van der Waals surface area contributed by atoms with Crippen LogP contribution in [0.5, 0.6) is 5.75 Å². The molecule has 0 aliphatic carbocycles. The van der Waals surface area contributed by atoms with Gasteiger partial charge in [-0.15, -0.1) is 0 Å². The lowest BCUT2D eigenvalue weighted by molar-refractivity contribution is -0.132. The molecule has 2 aromatic carbocycles. The fourth-order valence-electron chi connectivity index (χ4n) is 3.28. The van der Waals surface area contributed by atoms with E-state index in [2.05, 4.69) is 17.0 Å². The molecule has 0 spiro atoms. The molecular weight excluding hydrogens is 340 g/mol. The molecule has 0 unspecified atom stereocenters. The number of Topliss-reactive ketones (excluding diaryl/α,β-unsaturated/α-hetero) is 1. The first kappa shape index (κ1) is 19.1. The zero-order valence-corrected chi connectivity index (χ0v) is 15.8. The Balaban J connectivity index is 1.42. The van der Waals surface area contributed by atoms with Gasteiger partial charge >= 0.3 is 0 Å². The third-order valence-corrected chi connectivity index (χ3v) is 4.97. The molecular formula is C22H26N2O3. The van der Waals surface area contributed by atoms with Gasteiger partial charge in [0.2, 0.25) is 5.91 Å². The summed E-state index contributed by atoms with van der Waals surface area (Å²) in [7, 11) is 1.61. The van der Waals surface area contributed by atoms with Crippen LogP contribution in [-0.2, 0) is 11.2 Å². The zero-order valence-electron chi connectivity index (χ0n) is 15.8. The molecule has 0 atom stereocenters. The molecule has 1 amide bonds. The Morgan fingerprint density at radius 1 is 0.926 bits per heavy atom. The fourth-order valence-corrected chi connectivity index (χ4v) is 3.28. The highest BCUT2D eigenvalue weighted by Crippen LogP contribution is 2.13. The quantitative estimate of drug-likeness (QED) is 0.707. The number of amides is 1. The minimum absolute atomic E-state index is 0.0986. The Kier molecular flexibility index (Phi) is 6.60. The molecule has 1 aliphatic heterocycles. The molecule has 27 heavy (non-hydrogen) atoms. The van der Waals surface area contributed by atoms with Gasteiger partial charge in [-0.1, -0.05) is 30.3 Å². The maximum Gasteiger partial charge on any atom is 0.222 e. The number of nitrogens with zero attached hydrogens (tertiary/aromatic N) is 2.